The number of oxazole rings is 1. The number of ether oxygens (including phenoxy) is 2. The smallest absolute Gasteiger partial charge is 0.341 e. The van der Waals surface area contributed by atoms with Crippen LogP contribution in [0.3, 0.4) is 0 Å². The molecule has 2 unspecified atom stereocenters. The van der Waals surface area contributed by atoms with Gasteiger partial charge in [-0.1, -0.05) is 20.8 Å². The van der Waals surface area contributed by atoms with E-state index in [2.05, 4.69) is 31.1 Å². The summed E-state index contributed by atoms with van der Waals surface area (Å²) in [5, 5.41) is 3.22. The number of methoxy groups -OCH3 is 1. The molecule has 8 nitrogen and oxygen atoms in total. The van der Waals surface area contributed by atoms with Crippen LogP contribution in [0.15, 0.2) is 29.0 Å². The molecule has 1 aliphatic carbocycles. The molecule has 0 spiro atoms. The van der Waals surface area contributed by atoms with Crippen molar-refractivity contribution in [2.45, 2.75) is 53.1 Å². The average molecular weight is 485 g/mol. The van der Waals surface area contributed by atoms with Crippen LogP contribution >= 0.6 is 11.3 Å². The summed E-state index contributed by atoms with van der Waals surface area (Å²) < 4.78 is 15.6. The fourth-order valence-electron chi connectivity index (χ4n) is 4.21. The van der Waals surface area contributed by atoms with Gasteiger partial charge in [-0.15, -0.1) is 11.3 Å². The van der Waals surface area contributed by atoms with Gasteiger partial charge in [0.2, 0.25) is 0 Å². The van der Waals surface area contributed by atoms with Gasteiger partial charge in [0.25, 0.3) is 5.91 Å². The van der Waals surface area contributed by atoms with Crippen LogP contribution in [0.4, 0.5) is 5.00 Å². The van der Waals surface area contributed by atoms with Gasteiger partial charge in [-0.2, -0.15) is 0 Å². The molecular weight excluding hydrogens is 456 g/mol. The number of hydrogen-bond donors (Lipinski definition) is 1. The maximum Gasteiger partial charge on any atom is 0.341 e. The Bertz CT molecular complexity index is 1250. The van der Waals surface area contributed by atoms with Crippen LogP contribution in [0.1, 0.15) is 65.3 Å². The Kier molecular flexibility index (Phi) is 6.49. The van der Waals surface area contributed by atoms with Gasteiger partial charge in [0, 0.05) is 4.88 Å². The lowest BCUT2D eigenvalue weighted by molar-refractivity contribution is -0.123. The van der Waals surface area contributed by atoms with Gasteiger partial charge in [0.05, 0.1) is 18.2 Å². The number of hydrogen-bond acceptors (Lipinski definition) is 8. The number of thiophene rings is 1. The van der Waals surface area contributed by atoms with Crippen molar-refractivity contribution < 1.29 is 28.3 Å². The van der Waals surface area contributed by atoms with E-state index < -0.39 is 23.9 Å². The molecule has 2 heterocycles. The average Bonchev–Trinajstić information content (AvgIpc) is 3.40. The van der Waals surface area contributed by atoms with E-state index in [0.29, 0.717) is 27.6 Å². The Morgan fingerprint density at radius 3 is 2.71 bits per heavy atom. The standard InChI is InChI=1S/C25H28N2O6S/c1-13(33-23(29)14-6-9-17-18(10-14)32-12-26-17)21(28)27-22-20(24(30)31-5)16-8-7-15(25(2,3)4)11-19(16)34-22/h6,9-10,12-13,15H,7-8,11H2,1-5H3,(H,27,28). The lowest BCUT2D eigenvalue weighted by Gasteiger charge is -2.33. The lowest BCUT2D eigenvalue weighted by atomic mass is 9.72. The lowest BCUT2D eigenvalue weighted by Crippen LogP contribution is -2.30. The summed E-state index contributed by atoms with van der Waals surface area (Å²) in [6, 6.07) is 4.72. The molecule has 2 aromatic heterocycles. The fourth-order valence-corrected chi connectivity index (χ4v) is 5.53. The SMILES string of the molecule is COC(=O)c1c(NC(=O)C(C)OC(=O)c2ccc3ncoc3c2)sc2c1CCC(C(C)(C)C)C2. The van der Waals surface area contributed by atoms with Crippen LogP contribution in [0.5, 0.6) is 0 Å². The molecule has 0 aliphatic heterocycles. The number of nitrogens with one attached hydrogen (secondary N) is 1. The summed E-state index contributed by atoms with van der Waals surface area (Å²) in [5.74, 6) is -1.18. The number of carbonyl (C=O) groups excluding carboxylic acids is 3. The minimum absolute atomic E-state index is 0.147. The number of amides is 1. The quantitative estimate of drug-likeness (QED) is 0.507. The van der Waals surface area contributed by atoms with Crippen LogP contribution in [-0.4, -0.2) is 36.0 Å². The normalized spacial score (nSPS) is 16.6. The predicted molar refractivity (Wildman–Crippen MR) is 128 cm³/mol. The zero-order chi connectivity index (χ0) is 24.6. The second-order valence-corrected chi connectivity index (χ2v) is 10.7. The highest BCUT2D eigenvalue weighted by atomic mass is 32.1. The molecule has 180 valence electrons. The van der Waals surface area contributed by atoms with E-state index in [9.17, 15) is 14.4 Å². The molecule has 9 heteroatoms. The van der Waals surface area contributed by atoms with E-state index >= 15 is 0 Å². The molecule has 4 rings (SSSR count). The molecule has 2 atom stereocenters. The van der Waals surface area contributed by atoms with E-state index in [0.717, 1.165) is 29.7 Å². The zero-order valence-electron chi connectivity index (χ0n) is 19.9. The minimum atomic E-state index is -1.08. The molecule has 1 aliphatic rings. The minimum Gasteiger partial charge on any atom is -0.465 e. The molecule has 0 saturated carbocycles. The topological polar surface area (TPSA) is 108 Å². The number of benzene rings is 1. The van der Waals surface area contributed by atoms with Crippen LogP contribution in [0.2, 0.25) is 0 Å². The highest BCUT2D eigenvalue weighted by Gasteiger charge is 2.35. The predicted octanol–water partition coefficient (Wildman–Crippen LogP) is 5.01. The third-order valence-corrected chi connectivity index (χ3v) is 7.51. The zero-order valence-corrected chi connectivity index (χ0v) is 20.7. The van der Waals surface area contributed by atoms with E-state index in [4.69, 9.17) is 13.9 Å². The van der Waals surface area contributed by atoms with E-state index in [1.807, 2.05) is 0 Å². The number of anilines is 1. The van der Waals surface area contributed by atoms with Crippen LogP contribution < -0.4 is 5.32 Å². The first-order chi connectivity index (χ1) is 16.1. The molecule has 0 radical (unpaired) electrons. The third kappa shape index (κ3) is 4.70. The van der Waals surface area contributed by atoms with Crippen molar-refractivity contribution in [2.24, 2.45) is 11.3 Å². The van der Waals surface area contributed by atoms with E-state index in [1.165, 1.54) is 37.8 Å². The summed E-state index contributed by atoms with van der Waals surface area (Å²) in [7, 11) is 1.33. The molecule has 0 saturated heterocycles. The van der Waals surface area contributed by atoms with Crippen LogP contribution in [0.25, 0.3) is 11.1 Å². The first kappa shape index (κ1) is 23.9. The molecule has 0 fully saturated rings. The summed E-state index contributed by atoms with van der Waals surface area (Å²) in [4.78, 5) is 43.1. The Hall–Kier alpha value is -3.20. The summed E-state index contributed by atoms with van der Waals surface area (Å²) in [5.41, 5.74) is 2.81. The molecule has 1 N–H and O–H groups in total. The Morgan fingerprint density at radius 1 is 1.24 bits per heavy atom. The van der Waals surface area contributed by atoms with Crippen LogP contribution in [0, 0.1) is 11.3 Å². The Morgan fingerprint density at radius 2 is 2.00 bits per heavy atom. The summed E-state index contributed by atoms with van der Waals surface area (Å²) >= 11 is 1.40. The number of esters is 2. The maximum absolute atomic E-state index is 12.9. The van der Waals surface area contributed by atoms with E-state index in [-0.39, 0.29) is 11.0 Å². The molecule has 0 bridgehead atoms. The first-order valence-corrected chi connectivity index (χ1v) is 12.0. The van der Waals surface area contributed by atoms with Gasteiger partial charge in [0.1, 0.15) is 10.5 Å². The summed E-state index contributed by atoms with van der Waals surface area (Å²) in [6.45, 7) is 8.14. The van der Waals surface area contributed by atoms with Crippen molar-refractivity contribution in [2.75, 3.05) is 12.4 Å². The van der Waals surface area contributed by atoms with Crippen molar-refractivity contribution in [1.29, 1.82) is 0 Å². The molecule has 1 aromatic carbocycles. The number of fused-ring (bicyclic) bond motifs is 2. The van der Waals surface area contributed by atoms with Crippen molar-refractivity contribution in [3.05, 3.63) is 46.2 Å². The first-order valence-electron chi connectivity index (χ1n) is 11.2. The fraction of sp³-hybridized carbons (Fsp3) is 0.440. The number of aromatic nitrogens is 1. The van der Waals surface area contributed by atoms with Crippen molar-refractivity contribution >= 4 is 45.3 Å². The van der Waals surface area contributed by atoms with Gasteiger partial charge in [-0.25, -0.2) is 14.6 Å². The Balaban J connectivity index is 1.51. The van der Waals surface area contributed by atoms with Gasteiger partial charge in [-0.3, -0.25) is 4.79 Å². The van der Waals surface area contributed by atoms with Crippen molar-refractivity contribution in [3.8, 4) is 0 Å². The monoisotopic (exact) mass is 484 g/mol. The molecule has 3 aromatic rings. The highest BCUT2D eigenvalue weighted by molar-refractivity contribution is 7.17. The maximum atomic E-state index is 12.9. The number of carbonyl (C=O) groups is 3. The van der Waals surface area contributed by atoms with E-state index in [1.54, 1.807) is 12.1 Å². The highest BCUT2D eigenvalue weighted by Crippen LogP contribution is 2.44. The molecule has 34 heavy (non-hydrogen) atoms. The second kappa shape index (κ2) is 9.21. The Labute approximate surface area is 201 Å². The molecule has 1 amide bonds. The van der Waals surface area contributed by atoms with Crippen molar-refractivity contribution in [3.63, 3.8) is 0 Å². The number of rotatable bonds is 5. The second-order valence-electron chi connectivity index (χ2n) is 9.58. The van der Waals surface area contributed by atoms with Gasteiger partial charge < -0.3 is 19.2 Å². The van der Waals surface area contributed by atoms with Crippen LogP contribution in [-0.2, 0) is 27.1 Å². The van der Waals surface area contributed by atoms with Gasteiger partial charge in [-0.05, 0) is 61.3 Å². The largest absolute Gasteiger partial charge is 0.465 e. The van der Waals surface area contributed by atoms with Gasteiger partial charge in [0.15, 0.2) is 18.1 Å². The number of nitrogens with zero attached hydrogens (tertiary/aromatic N) is 1. The molecular formula is C25H28N2O6S. The third-order valence-electron chi connectivity index (χ3n) is 6.34. The van der Waals surface area contributed by atoms with Gasteiger partial charge >= 0.3 is 11.9 Å². The summed E-state index contributed by atoms with van der Waals surface area (Å²) in [6.07, 6.45) is 2.78. The van der Waals surface area contributed by atoms with Crippen molar-refractivity contribution in [1.82, 2.24) is 4.98 Å².